The molecule has 0 saturated heterocycles. The van der Waals surface area contributed by atoms with Gasteiger partial charge in [0.05, 0.1) is 12.0 Å². The molecule has 0 atom stereocenters. The second-order valence-electron chi connectivity index (χ2n) is 5.10. The number of hydrogen-bond donors (Lipinski definition) is 0. The predicted molar refractivity (Wildman–Crippen MR) is 87.3 cm³/mol. The molecule has 0 saturated carbocycles. The Kier molecular flexibility index (Phi) is 6.05. The largest absolute Gasteiger partial charge is 0.468 e. The average molecular weight is 351 g/mol. The number of hydrogen-bond acceptors (Lipinski definition) is 4. The highest BCUT2D eigenvalue weighted by molar-refractivity contribution is 7.89. The van der Waals surface area contributed by atoms with E-state index in [-0.39, 0.29) is 11.4 Å². The van der Waals surface area contributed by atoms with E-state index in [1.807, 2.05) is 30.3 Å². The van der Waals surface area contributed by atoms with E-state index in [1.54, 1.807) is 0 Å². The smallest absolute Gasteiger partial charge is 0.321 e. The maximum atomic E-state index is 13.0. The standard InChI is InChI=1S/C17H18FNO4S/c1-23-17(20)13-19(12-11-14-5-3-2-4-6-14)24(21,22)16-9-7-15(18)8-10-16/h2-10H,11-13H2,1H3. The summed E-state index contributed by atoms with van der Waals surface area (Å²) in [6, 6.07) is 13.8. The number of esters is 1. The number of sulfonamides is 1. The average Bonchev–Trinajstić information content (AvgIpc) is 2.59. The van der Waals surface area contributed by atoms with Gasteiger partial charge >= 0.3 is 5.97 Å². The Bertz CT molecular complexity index is 776. The molecule has 0 amide bonds. The number of rotatable bonds is 7. The lowest BCUT2D eigenvalue weighted by atomic mass is 10.1. The van der Waals surface area contributed by atoms with Crippen molar-refractivity contribution < 1.29 is 22.3 Å². The molecule has 2 aromatic carbocycles. The van der Waals surface area contributed by atoms with Gasteiger partial charge in [0.1, 0.15) is 12.4 Å². The van der Waals surface area contributed by atoms with Crippen LogP contribution in [0.4, 0.5) is 4.39 Å². The van der Waals surface area contributed by atoms with Crippen molar-refractivity contribution in [1.82, 2.24) is 4.31 Å². The van der Waals surface area contributed by atoms with Gasteiger partial charge in [-0.3, -0.25) is 4.79 Å². The van der Waals surface area contributed by atoms with Crippen LogP contribution in [0.3, 0.4) is 0 Å². The van der Waals surface area contributed by atoms with Crippen LogP contribution in [0.15, 0.2) is 59.5 Å². The minimum atomic E-state index is -3.93. The summed E-state index contributed by atoms with van der Waals surface area (Å²) in [5.74, 6) is -1.19. The summed E-state index contributed by atoms with van der Waals surface area (Å²) < 4.78 is 44.1. The van der Waals surface area contributed by atoms with E-state index in [0.29, 0.717) is 6.42 Å². The molecule has 0 heterocycles. The monoisotopic (exact) mass is 351 g/mol. The number of ether oxygens (including phenoxy) is 1. The van der Waals surface area contributed by atoms with E-state index in [1.165, 1.54) is 19.2 Å². The Morgan fingerprint density at radius 2 is 1.71 bits per heavy atom. The van der Waals surface area contributed by atoms with Gasteiger partial charge in [-0.05, 0) is 36.2 Å². The van der Waals surface area contributed by atoms with Crippen LogP contribution in [0.1, 0.15) is 5.56 Å². The Morgan fingerprint density at radius 1 is 1.08 bits per heavy atom. The summed E-state index contributed by atoms with van der Waals surface area (Å²) in [6.07, 6.45) is 0.443. The fourth-order valence-electron chi connectivity index (χ4n) is 2.15. The van der Waals surface area contributed by atoms with Gasteiger partial charge in [-0.1, -0.05) is 30.3 Å². The molecule has 0 radical (unpaired) electrons. The van der Waals surface area contributed by atoms with E-state index in [4.69, 9.17) is 0 Å². The first kappa shape index (κ1) is 18.1. The topological polar surface area (TPSA) is 63.7 Å². The summed E-state index contributed by atoms with van der Waals surface area (Å²) in [6.45, 7) is -0.290. The normalized spacial score (nSPS) is 11.5. The molecule has 2 aromatic rings. The number of benzene rings is 2. The van der Waals surface area contributed by atoms with Crippen molar-refractivity contribution in [2.45, 2.75) is 11.3 Å². The highest BCUT2D eigenvalue weighted by Crippen LogP contribution is 2.17. The third kappa shape index (κ3) is 4.62. The van der Waals surface area contributed by atoms with E-state index in [2.05, 4.69) is 4.74 Å². The third-order valence-electron chi connectivity index (χ3n) is 3.48. The molecule has 128 valence electrons. The quantitative estimate of drug-likeness (QED) is 0.718. The van der Waals surface area contributed by atoms with Crippen LogP contribution in [-0.4, -0.2) is 38.9 Å². The molecule has 0 aliphatic heterocycles. The van der Waals surface area contributed by atoms with Crippen molar-refractivity contribution in [2.24, 2.45) is 0 Å². The van der Waals surface area contributed by atoms with Crippen LogP contribution in [0.25, 0.3) is 0 Å². The molecule has 24 heavy (non-hydrogen) atoms. The Balaban J connectivity index is 2.23. The minimum Gasteiger partial charge on any atom is -0.468 e. The Hall–Kier alpha value is -2.25. The maximum absolute atomic E-state index is 13.0. The zero-order valence-corrected chi connectivity index (χ0v) is 14.0. The van der Waals surface area contributed by atoms with E-state index >= 15 is 0 Å². The lowest BCUT2D eigenvalue weighted by molar-refractivity contribution is -0.140. The first-order valence-corrected chi connectivity index (χ1v) is 8.74. The maximum Gasteiger partial charge on any atom is 0.321 e. The Labute approximate surface area is 140 Å². The van der Waals surface area contributed by atoms with Gasteiger partial charge in [0, 0.05) is 6.54 Å². The summed E-state index contributed by atoms with van der Waals surface area (Å²) in [5, 5.41) is 0. The van der Waals surface area contributed by atoms with Crippen LogP contribution in [0.5, 0.6) is 0 Å². The summed E-state index contributed by atoms with van der Waals surface area (Å²) in [5.41, 5.74) is 0.946. The van der Waals surface area contributed by atoms with Crippen molar-refractivity contribution in [2.75, 3.05) is 20.2 Å². The van der Waals surface area contributed by atoms with Gasteiger partial charge in [-0.15, -0.1) is 0 Å². The molecule has 2 rings (SSSR count). The highest BCUT2D eigenvalue weighted by Gasteiger charge is 2.26. The number of carbonyl (C=O) groups is 1. The highest BCUT2D eigenvalue weighted by atomic mass is 32.2. The van der Waals surface area contributed by atoms with Crippen molar-refractivity contribution in [3.63, 3.8) is 0 Å². The number of carbonyl (C=O) groups excluding carboxylic acids is 1. The first-order valence-electron chi connectivity index (χ1n) is 7.30. The van der Waals surface area contributed by atoms with Crippen molar-refractivity contribution in [1.29, 1.82) is 0 Å². The zero-order valence-electron chi connectivity index (χ0n) is 13.2. The summed E-state index contributed by atoms with van der Waals surface area (Å²) in [7, 11) is -2.73. The molecular formula is C17H18FNO4S. The minimum absolute atomic E-state index is 0.0686. The lowest BCUT2D eigenvalue weighted by Gasteiger charge is -2.21. The van der Waals surface area contributed by atoms with E-state index in [0.717, 1.165) is 22.0 Å². The summed E-state index contributed by atoms with van der Waals surface area (Å²) >= 11 is 0. The molecule has 7 heteroatoms. The van der Waals surface area contributed by atoms with Crippen molar-refractivity contribution in [3.8, 4) is 0 Å². The molecule has 0 unspecified atom stereocenters. The van der Waals surface area contributed by atoms with Crippen LogP contribution < -0.4 is 0 Å². The lowest BCUT2D eigenvalue weighted by Crippen LogP contribution is -2.37. The van der Waals surface area contributed by atoms with Gasteiger partial charge in [-0.2, -0.15) is 4.31 Å². The van der Waals surface area contributed by atoms with Gasteiger partial charge in [-0.25, -0.2) is 12.8 Å². The van der Waals surface area contributed by atoms with Crippen molar-refractivity contribution >= 4 is 16.0 Å². The molecule has 0 bridgehead atoms. The molecule has 0 aliphatic carbocycles. The second kappa shape index (κ2) is 8.03. The van der Waals surface area contributed by atoms with Gasteiger partial charge in [0.2, 0.25) is 10.0 Å². The SMILES string of the molecule is COC(=O)CN(CCc1ccccc1)S(=O)(=O)c1ccc(F)cc1. The molecular weight excluding hydrogens is 333 g/mol. The van der Waals surface area contributed by atoms with Crippen LogP contribution in [0.2, 0.25) is 0 Å². The molecule has 0 fully saturated rings. The fraction of sp³-hybridized carbons (Fsp3) is 0.235. The Morgan fingerprint density at radius 3 is 2.29 bits per heavy atom. The first-order chi connectivity index (χ1) is 11.4. The fourth-order valence-corrected chi connectivity index (χ4v) is 3.53. The van der Waals surface area contributed by atoms with E-state index < -0.39 is 28.4 Å². The van der Waals surface area contributed by atoms with Crippen molar-refractivity contribution in [3.05, 3.63) is 66.0 Å². The number of halogens is 1. The van der Waals surface area contributed by atoms with E-state index in [9.17, 15) is 17.6 Å². The molecule has 0 aliphatic rings. The van der Waals surface area contributed by atoms with Crippen LogP contribution in [-0.2, 0) is 26.0 Å². The third-order valence-corrected chi connectivity index (χ3v) is 5.34. The zero-order chi connectivity index (χ0) is 17.6. The predicted octanol–water partition coefficient (Wildman–Crippen LogP) is 2.23. The van der Waals surface area contributed by atoms with Crippen LogP contribution in [0, 0.1) is 5.82 Å². The molecule has 0 aromatic heterocycles. The molecule has 0 N–H and O–H groups in total. The molecule has 5 nitrogen and oxygen atoms in total. The van der Waals surface area contributed by atoms with Gasteiger partial charge < -0.3 is 4.74 Å². The van der Waals surface area contributed by atoms with Crippen LogP contribution >= 0.6 is 0 Å². The summed E-state index contributed by atoms with van der Waals surface area (Å²) in [4.78, 5) is 11.5. The number of nitrogens with zero attached hydrogens (tertiary/aromatic N) is 1. The molecule has 0 spiro atoms. The second-order valence-corrected chi connectivity index (χ2v) is 7.04. The van der Waals surface area contributed by atoms with Gasteiger partial charge in [0.15, 0.2) is 0 Å². The van der Waals surface area contributed by atoms with Gasteiger partial charge in [0.25, 0.3) is 0 Å². The number of methoxy groups -OCH3 is 1.